The lowest BCUT2D eigenvalue weighted by Crippen LogP contribution is -2.29. The lowest BCUT2D eigenvalue weighted by molar-refractivity contribution is -0.115. The Bertz CT molecular complexity index is 735. The number of hydrogen-bond acceptors (Lipinski definition) is 4. The lowest BCUT2D eigenvalue weighted by Gasteiger charge is -2.13. The third-order valence-electron chi connectivity index (χ3n) is 3.70. The van der Waals surface area contributed by atoms with Crippen molar-refractivity contribution in [3.63, 3.8) is 0 Å². The molecule has 2 aromatic rings. The summed E-state index contributed by atoms with van der Waals surface area (Å²) in [5.41, 5.74) is 2.23. The fourth-order valence-electron chi connectivity index (χ4n) is 2.34. The van der Waals surface area contributed by atoms with Gasteiger partial charge in [0.25, 0.3) is 0 Å². The van der Waals surface area contributed by atoms with Crippen LogP contribution in [0.5, 0.6) is 5.75 Å². The maximum atomic E-state index is 12.0. The number of nitrogens with zero attached hydrogens (tertiary/aromatic N) is 1. The fraction of sp³-hybridized carbons (Fsp3) is 0.316. The van der Waals surface area contributed by atoms with Crippen molar-refractivity contribution in [3.05, 3.63) is 48.3 Å². The monoisotopic (exact) mass is 356 g/mol. The Hall–Kier alpha value is -3.09. The first-order valence-electron chi connectivity index (χ1n) is 8.54. The number of methoxy groups -OCH3 is 1. The Morgan fingerprint density at radius 3 is 2.73 bits per heavy atom. The summed E-state index contributed by atoms with van der Waals surface area (Å²) in [6.07, 6.45) is 5.59. The number of aryl methyl sites for hydroxylation is 1. The van der Waals surface area contributed by atoms with E-state index in [0.717, 1.165) is 18.4 Å². The van der Waals surface area contributed by atoms with Gasteiger partial charge in [0.2, 0.25) is 5.91 Å². The van der Waals surface area contributed by atoms with Gasteiger partial charge in [-0.25, -0.2) is 4.79 Å². The van der Waals surface area contributed by atoms with Crippen LogP contribution in [0.25, 0.3) is 0 Å². The Kier molecular flexibility index (Phi) is 7.42. The number of hydrogen-bond donors (Lipinski definition) is 3. The van der Waals surface area contributed by atoms with Gasteiger partial charge in [-0.1, -0.05) is 13.0 Å². The van der Waals surface area contributed by atoms with Gasteiger partial charge in [0.15, 0.2) is 0 Å². The molecule has 1 aromatic carbocycles. The number of aromatic nitrogens is 1. The van der Waals surface area contributed by atoms with E-state index in [9.17, 15) is 9.59 Å². The molecule has 2 rings (SSSR count). The highest BCUT2D eigenvalue weighted by Gasteiger charge is 2.09. The second kappa shape index (κ2) is 10.0. The van der Waals surface area contributed by atoms with Crippen molar-refractivity contribution in [3.8, 4) is 5.75 Å². The third kappa shape index (κ3) is 6.08. The predicted octanol–water partition coefficient (Wildman–Crippen LogP) is 3.19. The number of pyridine rings is 1. The molecule has 7 nitrogen and oxygen atoms in total. The van der Waals surface area contributed by atoms with Gasteiger partial charge in [-0.05, 0) is 42.7 Å². The molecule has 1 heterocycles. The number of carbonyl (C=O) groups excluding carboxylic acids is 2. The molecule has 26 heavy (non-hydrogen) atoms. The summed E-state index contributed by atoms with van der Waals surface area (Å²) in [6, 6.07) is 8.69. The first-order valence-corrected chi connectivity index (χ1v) is 8.54. The van der Waals surface area contributed by atoms with Crippen LogP contribution in [0.3, 0.4) is 0 Å². The Morgan fingerprint density at radius 1 is 1.19 bits per heavy atom. The quantitative estimate of drug-likeness (QED) is 0.633. The van der Waals surface area contributed by atoms with Gasteiger partial charge in [0.05, 0.1) is 12.8 Å². The van der Waals surface area contributed by atoms with Crippen molar-refractivity contribution in [1.82, 2.24) is 10.3 Å². The average molecular weight is 356 g/mol. The second-order valence-electron chi connectivity index (χ2n) is 5.66. The maximum absolute atomic E-state index is 12.0. The maximum Gasteiger partial charge on any atom is 0.319 e. The zero-order valence-corrected chi connectivity index (χ0v) is 15.0. The van der Waals surface area contributed by atoms with Crippen LogP contribution in [-0.4, -0.2) is 30.6 Å². The van der Waals surface area contributed by atoms with Gasteiger partial charge in [-0.15, -0.1) is 0 Å². The summed E-state index contributed by atoms with van der Waals surface area (Å²) in [5.74, 6) is 0.412. The first-order chi connectivity index (χ1) is 12.6. The zero-order chi connectivity index (χ0) is 18.8. The third-order valence-corrected chi connectivity index (χ3v) is 3.70. The minimum Gasteiger partial charge on any atom is -0.495 e. The van der Waals surface area contributed by atoms with Crippen LogP contribution < -0.4 is 20.7 Å². The predicted molar refractivity (Wildman–Crippen MR) is 101 cm³/mol. The molecule has 0 radical (unpaired) electrons. The van der Waals surface area contributed by atoms with E-state index in [4.69, 9.17) is 4.74 Å². The SMILES string of the molecule is CCC(=O)Nc1cc(NC(=O)NCCCc2cccnc2)ccc1OC. The van der Waals surface area contributed by atoms with Gasteiger partial charge >= 0.3 is 6.03 Å². The molecule has 0 aliphatic heterocycles. The van der Waals surface area contributed by atoms with Gasteiger partial charge < -0.3 is 20.7 Å². The zero-order valence-electron chi connectivity index (χ0n) is 15.0. The van der Waals surface area contributed by atoms with E-state index in [1.807, 2.05) is 18.3 Å². The average Bonchev–Trinajstić information content (AvgIpc) is 2.66. The van der Waals surface area contributed by atoms with Crippen LogP contribution in [0.15, 0.2) is 42.7 Å². The Balaban J connectivity index is 1.84. The lowest BCUT2D eigenvalue weighted by atomic mass is 10.1. The Morgan fingerprint density at radius 2 is 2.04 bits per heavy atom. The number of anilines is 2. The highest BCUT2D eigenvalue weighted by atomic mass is 16.5. The van der Waals surface area contributed by atoms with E-state index in [1.165, 1.54) is 7.11 Å². The molecule has 1 aromatic heterocycles. The molecule has 138 valence electrons. The molecule has 0 saturated carbocycles. The number of ether oxygens (including phenoxy) is 1. The van der Waals surface area contributed by atoms with E-state index in [1.54, 1.807) is 31.3 Å². The van der Waals surface area contributed by atoms with Crippen LogP contribution in [0, 0.1) is 0 Å². The van der Waals surface area contributed by atoms with Crippen LogP contribution in [0.4, 0.5) is 16.2 Å². The van der Waals surface area contributed by atoms with Crippen molar-refractivity contribution < 1.29 is 14.3 Å². The summed E-state index contributed by atoms with van der Waals surface area (Å²) in [5, 5.41) is 8.32. The van der Waals surface area contributed by atoms with Gasteiger partial charge in [0, 0.05) is 31.0 Å². The minimum absolute atomic E-state index is 0.125. The number of amides is 3. The molecule has 0 saturated heterocycles. The van der Waals surface area contributed by atoms with Crippen molar-refractivity contribution in [1.29, 1.82) is 0 Å². The topological polar surface area (TPSA) is 92.4 Å². The summed E-state index contributed by atoms with van der Waals surface area (Å²) in [6.45, 7) is 2.32. The molecule has 0 aliphatic carbocycles. The summed E-state index contributed by atoms with van der Waals surface area (Å²) >= 11 is 0. The standard InChI is InChI=1S/C19H24N4O3/c1-3-18(24)23-16-12-15(8-9-17(16)26-2)22-19(25)21-11-5-7-14-6-4-10-20-13-14/h4,6,8-10,12-13H,3,5,7,11H2,1-2H3,(H,23,24)(H2,21,22,25). The molecular weight excluding hydrogens is 332 g/mol. The van der Waals surface area contributed by atoms with Crippen molar-refractivity contribution in [2.75, 3.05) is 24.3 Å². The molecule has 3 amide bonds. The normalized spacial score (nSPS) is 10.1. The number of benzene rings is 1. The smallest absolute Gasteiger partial charge is 0.319 e. The molecule has 0 spiro atoms. The van der Waals surface area contributed by atoms with E-state index in [2.05, 4.69) is 20.9 Å². The van der Waals surface area contributed by atoms with E-state index < -0.39 is 0 Å². The highest BCUT2D eigenvalue weighted by molar-refractivity contribution is 5.94. The van der Waals surface area contributed by atoms with E-state index in [-0.39, 0.29) is 11.9 Å². The molecule has 0 bridgehead atoms. The van der Waals surface area contributed by atoms with Gasteiger partial charge in [-0.3, -0.25) is 9.78 Å². The van der Waals surface area contributed by atoms with Crippen molar-refractivity contribution in [2.45, 2.75) is 26.2 Å². The first kappa shape index (κ1) is 19.2. The molecule has 3 N–H and O–H groups in total. The molecule has 0 aliphatic rings. The van der Waals surface area contributed by atoms with Crippen LogP contribution in [-0.2, 0) is 11.2 Å². The molecule has 0 fully saturated rings. The molecule has 0 unspecified atom stereocenters. The number of nitrogens with one attached hydrogen (secondary N) is 3. The molecule has 7 heteroatoms. The number of urea groups is 1. The van der Waals surface area contributed by atoms with Gasteiger partial charge in [0.1, 0.15) is 5.75 Å². The van der Waals surface area contributed by atoms with Crippen LogP contribution in [0.2, 0.25) is 0 Å². The summed E-state index contributed by atoms with van der Waals surface area (Å²) in [7, 11) is 1.53. The molecule has 0 atom stereocenters. The minimum atomic E-state index is -0.297. The van der Waals surface area contributed by atoms with E-state index >= 15 is 0 Å². The van der Waals surface area contributed by atoms with Crippen LogP contribution >= 0.6 is 0 Å². The van der Waals surface area contributed by atoms with Gasteiger partial charge in [-0.2, -0.15) is 0 Å². The Labute approximate surface area is 153 Å². The number of carbonyl (C=O) groups is 2. The highest BCUT2D eigenvalue weighted by Crippen LogP contribution is 2.27. The fourth-order valence-corrected chi connectivity index (χ4v) is 2.34. The van der Waals surface area contributed by atoms with Crippen LogP contribution in [0.1, 0.15) is 25.3 Å². The van der Waals surface area contributed by atoms with Crippen molar-refractivity contribution in [2.24, 2.45) is 0 Å². The molecular formula is C19H24N4O3. The summed E-state index contributed by atoms with van der Waals surface area (Å²) in [4.78, 5) is 27.7. The van der Waals surface area contributed by atoms with Crippen molar-refractivity contribution >= 4 is 23.3 Å². The number of rotatable bonds is 8. The second-order valence-corrected chi connectivity index (χ2v) is 5.66. The van der Waals surface area contributed by atoms with E-state index in [0.29, 0.717) is 30.1 Å². The largest absolute Gasteiger partial charge is 0.495 e. The summed E-state index contributed by atoms with van der Waals surface area (Å²) < 4.78 is 5.22.